The minimum absolute atomic E-state index is 1.57. The normalized spacial score (nSPS) is 12.9. The third-order valence-electron chi connectivity index (χ3n) is 2.40. The highest BCUT2D eigenvalue weighted by atomic mass is 31.2. The van der Waals surface area contributed by atoms with Crippen molar-refractivity contribution in [2.45, 2.75) is 6.92 Å². The summed E-state index contributed by atoms with van der Waals surface area (Å²) in [6.07, 6.45) is 4.21. The van der Waals surface area contributed by atoms with Gasteiger partial charge in [0.15, 0.2) is 0 Å². The van der Waals surface area contributed by atoms with Gasteiger partial charge in [-0.2, -0.15) is 0 Å². The van der Waals surface area contributed by atoms with Gasteiger partial charge in [0.05, 0.1) is 0 Å². The Morgan fingerprint density at radius 1 is 0.933 bits per heavy atom. The Morgan fingerprint density at radius 3 is 1.53 bits per heavy atom. The van der Waals surface area contributed by atoms with Crippen LogP contribution in [0.4, 0.5) is 0 Å². The fourth-order valence-electron chi connectivity index (χ4n) is 2.22. The van der Waals surface area contributed by atoms with E-state index in [1.165, 1.54) is 0 Å². The topological polar surface area (TPSA) is 12.7 Å². The van der Waals surface area contributed by atoms with Crippen LogP contribution in [-0.2, 0) is 0 Å². The lowest BCUT2D eigenvalue weighted by Gasteiger charge is -2.38. The molecule has 0 saturated carbocycles. The minimum Gasteiger partial charge on any atom is -0.291 e. The second-order valence-electron chi connectivity index (χ2n) is 4.13. The van der Waals surface area contributed by atoms with Gasteiger partial charge in [0.2, 0.25) is 0 Å². The van der Waals surface area contributed by atoms with Gasteiger partial charge in [-0.1, -0.05) is 6.08 Å². The molecular formula is C10H26N4P+. The Kier molecular flexibility index (Phi) is 5.57. The van der Waals surface area contributed by atoms with E-state index >= 15 is 0 Å². The summed E-state index contributed by atoms with van der Waals surface area (Å²) in [5, 5.41) is 0. The lowest BCUT2D eigenvalue weighted by atomic mass is 10.7. The molecular weight excluding hydrogens is 207 g/mol. The molecule has 0 saturated heterocycles. The van der Waals surface area contributed by atoms with Crippen molar-refractivity contribution in [1.82, 2.24) is 14.0 Å². The van der Waals surface area contributed by atoms with Crippen molar-refractivity contribution in [2.75, 3.05) is 49.3 Å². The molecule has 0 aliphatic carbocycles. The van der Waals surface area contributed by atoms with Gasteiger partial charge in [0.1, 0.15) is 14.1 Å². The van der Waals surface area contributed by atoms with Gasteiger partial charge in [-0.05, 0) is 35.1 Å². The molecule has 15 heavy (non-hydrogen) atoms. The Balaban J connectivity index is 5.68. The van der Waals surface area contributed by atoms with Crippen LogP contribution in [0, 0.1) is 0 Å². The van der Waals surface area contributed by atoms with Crippen molar-refractivity contribution in [1.29, 1.82) is 0 Å². The van der Waals surface area contributed by atoms with Crippen LogP contribution in [0.3, 0.4) is 0 Å². The van der Waals surface area contributed by atoms with Crippen molar-refractivity contribution < 1.29 is 4.33 Å². The molecule has 0 aromatic carbocycles. The number of allylic oxidation sites excluding steroid dienone is 1. The van der Waals surface area contributed by atoms with Crippen LogP contribution in [0.25, 0.3) is 0 Å². The van der Waals surface area contributed by atoms with Gasteiger partial charge in [-0.15, -0.1) is 0 Å². The molecule has 0 radical (unpaired) electrons. The van der Waals surface area contributed by atoms with Crippen LogP contribution in [0.5, 0.6) is 0 Å². The minimum atomic E-state index is -1.57. The van der Waals surface area contributed by atoms with Gasteiger partial charge < -0.3 is 0 Å². The first-order valence-corrected chi connectivity index (χ1v) is 6.70. The van der Waals surface area contributed by atoms with Gasteiger partial charge in [-0.25, -0.2) is 13.7 Å². The number of rotatable bonds is 4. The molecule has 0 bridgehead atoms. The maximum absolute atomic E-state index is 2.30. The van der Waals surface area contributed by atoms with Crippen LogP contribution in [-0.4, -0.2) is 67.7 Å². The van der Waals surface area contributed by atoms with Crippen LogP contribution in [0.2, 0.25) is 0 Å². The highest BCUT2D eigenvalue weighted by Gasteiger charge is 2.37. The quantitative estimate of drug-likeness (QED) is 0.687. The van der Waals surface area contributed by atoms with E-state index in [1.807, 2.05) is 6.92 Å². The monoisotopic (exact) mass is 233 g/mol. The standard InChI is InChI=1S/C10H26N4P/c1-9-10-14(8)15(11(2)3,12(4)5)13(6)7/h9-10H,1-8H3/q+1/b10-9+. The SMILES string of the molecule is C/C=C/N(C)P(N(C)C)(N(C)C)=[N+](C)C. The zero-order valence-corrected chi connectivity index (χ0v) is 12.3. The van der Waals surface area contributed by atoms with Crippen molar-refractivity contribution in [2.24, 2.45) is 0 Å². The predicted octanol–water partition coefficient (Wildman–Crippen LogP) is 1.79. The molecule has 5 heteroatoms. The lowest BCUT2D eigenvalue weighted by molar-refractivity contribution is -0.452. The average Bonchev–Trinajstić information content (AvgIpc) is 2.02. The van der Waals surface area contributed by atoms with Crippen molar-refractivity contribution >= 4 is 7.51 Å². The van der Waals surface area contributed by atoms with Crippen LogP contribution >= 0.6 is 7.51 Å². The third-order valence-corrected chi connectivity index (χ3v) is 6.60. The van der Waals surface area contributed by atoms with Gasteiger partial charge >= 0.3 is 7.51 Å². The van der Waals surface area contributed by atoms with E-state index in [0.29, 0.717) is 0 Å². The molecule has 0 amide bonds. The first-order chi connectivity index (χ1) is 6.81. The zero-order chi connectivity index (χ0) is 12.2. The van der Waals surface area contributed by atoms with E-state index in [-0.39, 0.29) is 0 Å². The van der Waals surface area contributed by atoms with Crippen LogP contribution in [0.1, 0.15) is 6.92 Å². The Hall–Kier alpha value is -0.310. The third kappa shape index (κ3) is 2.63. The Morgan fingerprint density at radius 2 is 1.33 bits per heavy atom. The number of hydrogen-bond acceptors (Lipinski definition) is 0. The molecule has 0 aliphatic heterocycles. The number of nitrogens with zero attached hydrogens (tertiary/aromatic N) is 4. The fraction of sp³-hybridized carbons (Fsp3) is 0.800. The molecule has 0 aliphatic rings. The molecule has 0 aromatic heterocycles. The van der Waals surface area contributed by atoms with E-state index in [0.717, 1.165) is 0 Å². The van der Waals surface area contributed by atoms with Crippen molar-refractivity contribution in [3.63, 3.8) is 0 Å². The average molecular weight is 233 g/mol. The molecule has 0 unspecified atom stereocenters. The summed E-state index contributed by atoms with van der Waals surface area (Å²) >= 11 is 0. The maximum Gasteiger partial charge on any atom is 0.335 e. The second-order valence-corrected chi connectivity index (χ2v) is 8.24. The largest absolute Gasteiger partial charge is 0.335 e. The maximum atomic E-state index is 2.30. The van der Waals surface area contributed by atoms with Crippen molar-refractivity contribution in [3.05, 3.63) is 12.3 Å². The Bertz CT molecular complexity index is 265. The molecule has 0 atom stereocenters. The Labute approximate surface area is 95.0 Å². The van der Waals surface area contributed by atoms with Crippen molar-refractivity contribution in [3.8, 4) is 0 Å². The highest BCUT2D eigenvalue weighted by molar-refractivity contribution is 7.56. The first-order valence-electron chi connectivity index (χ1n) is 5.10. The summed E-state index contributed by atoms with van der Waals surface area (Å²) < 4.78 is 9.19. The van der Waals surface area contributed by atoms with Gasteiger partial charge in [0.25, 0.3) is 0 Å². The van der Waals surface area contributed by atoms with Crippen LogP contribution in [0.15, 0.2) is 12.3 Å². The molecule has 90 valence electrons. The van der Waals surface area contributed by atoms with E-state index in [4.69, 9.17) is 0 Å². The smallest absolute Gasteiger partial charge is 0.291 e. The molecule has 0 aromatic rings. The molecule has 0 fully saturated rings. The van der Waals surface area contributed by atoms with E-state index in [2.05, 4.69) is 79.9 Å². The fourth-order valence-corrected chi connectivity index (χ4v) is 6.38. The molecule has 0 rings (SSSR count). The number of hydrogen-bond donors (Lipinski definition) is 0. The van der Waals surface area contributed by atoms with E-state index < -0.39 is 7.51 Å². The first kappa shape index (κ1) is 14.7. The molecule has 0 heterocycles. The van der Waals surface area contributed by atoms with Gasteiger partial charge in [-0.3, -0.25) is 4.67 Å². The molecule has 4 nitrogen and oxygen atoms in total. The second kappa shape index (κ2) is 5.69. The van der Waals surface area contributed by atoms with Gasteiger partial charge in [0, 0.05) is 13.2 Å². The lowest BCUT2D eigenvalue weighted by Crippen LogP contribution is -2.34. The summed E-state index contributed by atoms with van der Waals surface area (Å²) in [6.45, 7) is 2.05. The predicted molar refractivity (Wildman–Crippen MR) is 69.0 cm³/mol. The van der Waals surface area contributed by atoms with Crippen LogP contribution < -0.4 is 0 Å². The summed E-state index contributed by atoms with van der Waals surface area (Å²) in [6, 6.07) is 0. The zero-order valence-electron chi connectivity index (χ0n) is 11.4. The molecule has 0 spiro atoms. The summed E-state index contributed by atoms with van der Waals surface area (Å²) in [4.78, 5) is 0. The van der Waals surface area contributed by atoms with E-state index in [9.17, 15) is 0 Å². The van der Waals surface area contributed by atoms with E-state index in [1.54, 1.807) is 0 Å². The summed E-state index contributed by atoms with van der Waals surface area (Å²) in [5.41, 5.74) is 0. The summed E-state index contributed by atoms with van der Waals surface area (Å²) in [7, 11) is 13.4. The molecule has 0 N–H and O–H groups in total. The summed E-state index contributed by atoms with van der Waals surface area (Å²) in [5.74, 6) is 0. The highest BCUT2D eigenvalue weighted by Crippen LogP contribution is 2.54.